The summed E-state index contributed by atoms with van der Waals surface area (Å²) < 4.78 is 40.6. The van der Waals surface area contributed by atoms with Crippen LogP contribution in [0.1, 0.15) is 18.6 Å². The van der Waals surface area contributed by atoms with Gasteiger partial charge in [0.05, 0.1) is 17.8 Å². The van der Waals surface area contributed by atoms with Crippen LogP contribution in [0.5, 0.6) is 5.75 Å². The number of alkyl halides is 3. The third-order valence-corrected chi connectivity index (χ3v) is 4.04. The van der Waals surface area contributed by atoms with E-state index >= 15 is 0 Å². The fraction of sp³-hybridized carbons (Fsp3) is 0.200. The van der Waals surface area contributed by atoms with Crippen molar-refractivity contribution in [2.45, 2.75) is 25.4 Å². The number of halogens is 3. The summed E-state index contributed by atoms with van der Waals surface area (Å²) >= 11 is 0. The summed E-state index contributed by atoms with van der Waals surface area (Å²) in [6.45, 7) is 1.82. The molecule has 0 spiro atoms. The third kappa shape index (κ3) is 5.20. The molecule has 2 aromatic carbocycles. The minimum Gasteiger partial charge on any atom is -0.406 e. The van der Waals surface area contributed by atoms with Crippen LogP contribution in [0.3, 0.4) is 0 Å². The SMILES string of the molecule is CC(Nc1cc(-c2ccc(OC(F)(F)F)cc2)ncn1)[C@@H](O)c1ccccc1. The van der Waals surface area contributed by atoms with Gasteiger partial charge in [0.25, 0.3) is 0 Å². The molecule has 0 radical (unpaired) electrons. The second-order valence-corrected chi connectivity index (χ2v) is 6.15. The number of nitrogens with zero attached hydrogens (tertiary/aromatic N) is 2. The Morgan fingerprint density at radius 1 is 1.00 bits per heavy atom. The van der Waals surface area contributed by atoms with Crippen LogP contribution in [0, 0.1) is 0 Å². The van der Waals surface area contributed by atoms with Gasteiger partial charge < -0.3 is 15.2 Å². The van der Waals surface area contributed by atoms with E-state index in [0.717, 1.165) is 5.56 Å². The molecule has 3 aromatic rings. The fourth-order valence-electron chi connectivity index (χ4n) is 2.67. The summed E-state index contributed by atoms with van der Waals surface area (Å²) in [5, 5.41) is 13.6. The lowest BCUT2D eigenvalue weighted by Crippen LogP contribution is -2.24. The van der Waals surface area contributed by atoms with Crippen molar-refractivity contribution < 1.29 is 23.0 Å². The van der Waals surface area contributed by atoms with Crippen LogP contribution in [-0.2, 0) is 0 Å². The van der Waals surface area contributed by atoms with Crippen molar-refractivity contribution in [1.29, 1.82) is 0 Å². The highest BCUT2D eigenvalue weighted by atomic mass is 19.4. The van der Waals surface area contributed by atoms with Gasteiger partial charge in [0.1, 0.15) is 17.9 Å². The molecule has 5 nitrogen and oxygen atoms in total. The molecule has 28 heavy (non-hydrogen) atoms. The monoisotopic (exact) mass is 389 g/mol. The summed E-state index contributed by atoms with van der Waals surface area (Å²) in [5.41, 5.74) is 1.91. The molecule has 0 fully saturated rings. The van der Waals surface area contributed by atoms with E-state index in [1.165, 1.54) is 30.6 Å². The molecule has 1 aromatic heterocycles. The Balaban J connectivity index is 1.72. The Morgan fingerprint density at radius 3 is 2.32 bits per heavy atom. The molecule has 0 aliphatic rings. The highest BCUT2D eigenvalue weighted by Gasteiger charge is 2.31. The molecule has 1 heterocycles. The first-order chi connectivity index (χ1) is 13.3. The number of hydrogen-bond acceptors (Lipinski definition) is 5. The number of ether oxygens (including phenoxy) is 1. The first kappa shape index (κ1) is 19.6. The highest BCUT2D eigenvalue weighted by molar-refractivity contribution is 5.63. The molecule has 2 atom stereocenters. The van der Waals surface area contributed by atoms with Gasteiger partial charge in [-0.2, -0.15) is 0 Å². The van der Waals surface area contributed by atoms with Crippen molar-refractivity contribution in [3.05, 3.63) is 72.6 Å². The average Bonchev–Trinajstić information content (AvgIpc) is 2.67. The molecule has 1 unspecified atom stereocenters. The molecule has 0 amide bonds. The minimum atomic E-state index is -4.73. The number of benzene rings is 2. The van der Waals surface area contributed by atoms with E-state index in [0.29, 0.717) is 17.1 Å². The van der Waals surface area contributed by atoms with Crippen molar-refractivity contribution >= 4 is 5.82 Å². The zero-order valence-corrected chi connectivity index (χ0v) is 14.9. The normalized spacial score (nSPS) is 13.6. The summed E-state index contributed by atoms with van der Waals surface area (Å²) in [6.07, 6.45) is -4.12. The second kappa shape index (κ2) is 8.26. The molecule has 0 aliphatic carbocycles. The van der Waals surface area contributed by atoms with Crippen LogP contribution in [-0.4, -0.2) is 27.5 Å². The van der Waals surface area contributed by atoms with Crippen LogP contribution in [0.2, 0.25) is 0 Å². The first-order valence-corrected chi connectivity index (χ1v) is 8.49. The molecule has 3 rings (SSSR count). The van der Waals surface area contributed by atoms with Crippen molar-refractivity contribution in [2.24, 2.45) is 0 Å². The van der Waals surface area contributed by atoms with E-state index in [-0.39, 0.29) is 11.8 Å². The Morgan fingerprint density at radius 2 is 1.68 bits per heavy atom. The van der Waals surface area contributed by atoms with E-state index in [9.17, 15) is 18.3 Å². The number of aromatic nitrogens is 2. The summed E-state index contributed by atoms with van der Waals surface area (Å²) in [6, 6.07) is 16.0. The summed E-state index contributed by atoms with van der Waals surface area (Å²) in [7, 11) is 0. The second-order valence-electron chi connectivity index (χ2n) is 6.15. The molecule has 8 heteroatoms. The molecule has 2 N–H and O–H groups in total. The van der Waals surface area contributed by atoms with Gasteiger partial charge >= 0.3 is 6.36 Å². The van der Waals surface area contributed by atoms with Crippen LogP contribution in [0.25, 0.3) is 11.3 Å². The van der Waals surface area contributed by atoms with Gasteiger partial charge in [0.2, 0.25) is 0 Å². The maximum Gasteiger partial charge on any atom is 0.573 e. The largest absolute Gasteiger partial charge is 0.573 e. The number of rotatable bonds is 6. The van der Waals surface area contributed by atoms with E-state index in [4.69, 9.17) is 0 Å². The van der Waals surface area contributed by atoms with Gasteiger partial charge in [0.15, 0.2) is 0 Å². The number of nitrogens with one attached hydrogen (secondary N) is 1. The van der Waals surface area contributed by atoms with Gasteiger partial charge in [-0.3, -0.25) is 0 Å². The van der Waals surface area contributed by atoms with Crippen molar-refractivity contribution in [3.63, 3.8) is 0 Å². The van der Waals surface area contributed by atoms with Gasteiger partial charge in [0, 0.05) is 11.6 Å². The number of anilines is 1. The molecule has 0 saturated heterocycles. The lowest BCUT2D eigenvalue weighted by atomic mass is 10.0. The smallest absolute Gasteiger partial charge is 0.406 e. The Bertz CT molecular complexity index is 903. The maximum absolute atomic E-state index is 12.3. The third-order valence-electron chi connectivity index (χ3n) is 4.04. The summed E-state index contributed by atoms with van der Waals surface area (Å²) in [4.78, 5) is 8.29. The number of aliphatic hydroxyl groups excluding tert-OH is 1. The van der Waals surface area contributed by atoms with Gasteiger partial charge in [-0.25, -0.2) is 9.97 Å². The molecule has 0 aliphatic heterocycles. The first-order valence-electron chi connectivity index (χ1n) is 8.49. The van der Waals surface area contributed by atoms with Crippen molar-refractivity contribution in [2.75, 3.05) is 5.32 Å². The summed E-state index contributed by atoms with van der Waals surface area (Å²) in [5.74, 6) is 0.186. The van der Waals surface area contributed by atoms with Crippen LogP contribution in [0.15, 0.2) is 67.0 Å². The molecular formula is C20H18F3N3O2. The molecular weight excluding hydrogens is 371 g/mol. The van der Waals surface area contributed by atoms with Crippen molar-refractivity contribution in [1.82, 2.24) is 9.97 Å². The van der Waals surface area contributed by atoms with Gasteiger partial charge in [-0.05, 0) is 36.8 Å². The topological polar surface area (TPSA) is 67.3 Å². The van der Waals surface area contributed by atoms with Crippen LogP contribution < -0.4 is 10.1 Å². The number of aliphatic hydroxyl groups is 1. The lowest BCUT2D eigenvalue weighted by Gasteiger charge is -2.21. The minimum absolute atomic E-state index is 0.303. The van der Waals surface area contributed by atoms with E-state index in [1.54, 1.807) is 6.07 Å². The molecule has 146 valence electrons. The Labute approximate surface area is 159 Å². The highest BCUT2D eigenvalue weighted by Crippen LogP contribution is 2.27. The fourth-order valence-corrected chi connectivity index (χ4v) is 2.67. The average molecular weight is 389 g/mol. The Hall–Kier alpha value is -3.13. The maximum atomic E-state index is 12.3. The van der Waals surface area contributed by atoms with Crippen LogP contribution >= 0.6 is 0 Å². The van der Waals surface area contributed by atoms with Gasteiger partial charge in [-0.1, -0.05) is 30.3 Å². The zero-order chi connectivity index (χ0) is 20.1. The van der Waals surface area contributed by atoms with Crippen molar-refractivity contribution in [3.8, 4) is 17.0 Å². The molecule has 0 saturated carbocycles. The Kier molecular flexibility index (Phi) is 5.79. The van der Waals surface area contributed by atoms with E-state index in [1.807, 2.05) is 37.3 Å². The lowest BCUT2D eigenvalue weighted by molar-refractivity contribution is -0.274. The van der Waals surface area contributed by atoms with E-state index in [2.05, 4.69) is 20.0 Å². The zero-order valence-electron chi connectivity index (χ0n) is 14.9. The quantitative estimate of drug-likeness (QED) is 0.646. The predicted molar refractivity (Wildman–Crippen MR) is 98.6 cm³/mol. The van der Waals surface area contributed by atoms with Crippen LogP contribution in [0.4, 0.5) is 19.0 Å². The standard InChI is InChI=1S/C20H18F3N3O2/c1-13(19(27)15-5-3-2-4-6-15)26-18-11-17(24-12-25-18)14-7-9-16(10-8-14)28-20(21,22)23/h2-13,19,27H,1H3,(H,24,25,26)/t13?,19-/m1/s1. The van der Waals surface area contributed by atoms with Gasteiger partial charge in [-0.15, -0.1) is 13.2 Å². The predicted octanol–water partition coefficient (Wildman–Crippen LogP) is 4.58. The number of hydrogen-bond donors (Lipinski definition) is 2. The van der Waals surface area contributed by atoms with E-state index < -0.39 is 12.5 Å². The molecule has 0 bridgehead atoms.